The molecular formula is C24H30N7O2+. The van der Waals surface area contributed by atoms with Gasteiger partial charge in [-0.25, -0.2) is 9.97 Å². The van der Waals surface area contributed by atoms with Crippen LogP contribution in [-0.2, 0) is 35.4 Å². The predicted octanol–water partition coefficient (Wildman–Crippen LogP) is 0.0289. The fourth-order valence-electron chi connectivity index (χ4n) is 4.39. The number of benzene rings is 1. The van der Waals surface area contributed by atoms with E-state index in [4.69, 9.17) is 15.8 Å². The standard InChI is InChI=1S/C24H29N7O2/c1-16(32)30(8-6-20(26)12-25)15-23(33)31-9-7-22-19(14-31)13-27-24(29-22)28-21-10-17-4-2-3-5-18(17)11-21/h2-5,12-13,21,25-26H,6-11,14-15H2,1H3,(H,27,28,29)/p+1. The van der Waals surface area contributed by atoms with E-state index >= 15 is 0 Å². The first-order chi connectivity index (χ1) is 15.9. The fraction of sp³-hybridized carbons (Fsp3) is 0.417. The number of nitrogens with one attached hydrogen (secondary N) is 2. The van der Waals surface area contributed by atoms with Crippen molar-refractivity contribution in [3.8, 4) is 0 Å². The summed E-state index contributed by atoms with van der Waals surface area (Å²) in [5, 5.41) is 16.3. The van der Waals surface area contributed by atoms with Crippen molar-refractivity contribution in [2.45, 2.75) is 45.2 Å². The van der Waals surface area contributed by atoms with Gasteiger partial charge in [0.15, 0.2) is 5.71 Å². The average molecular weight is 449 g/mol. The normalized spacial score (nSPS) is 14.9. The monoisotopic (exact) mass is 448 g/mol. The van der Waals surface area contributed by atoms with E-state index in [2.05, 4.69) is 34.6 Å². The molecule has 0 spiro atoms. The van der Waals surface area contributed by atoms with Gasteiger partial charge in [-0.3, -0.25) is 15.0 Å². The molecule has 0 unspecified atom stereocenters. The third kappa shape index (κ3) is 5.42. The number of carbonyl (C=O) groups excluding carboxylic acids is 2. The second kappa shape index (κ2) is 9.89. The van der Waals surface area contributed by atoms with E-state index in [1.807, 2.05) is 0 Å². The molecule has 172 valence electrons. The molecule has 1 aromatic heterocycles. The highest BCUT2D eigenvalue weighted by molar-refractivity contribution is 6.26. The van der Waals surface area contributed by atoms with Gasteiger partial charge in [0.2, 0.25) is 17.8 Å². The molecule has 33 heavy (non-hydrogen) atoms. The molecule has 1 aliphatic carbocycles. The van der Waals surface area contributed by atoms with Crippen molar-refractivity contribution < 1.29 is 15.0 Å². The second-order valence-corrected chi connectivity index (χ2v) is 8.66. The highest BCUT2D eigenvalue weighted by Gasteiger charge is 2.26. The quantitative estimate of drug-likeness (QED) is 0.491. The molecule has 0 atom stereocenters. The summed E-state index contributed by atoms with van der Waals surface area (Å²) in [5.41, 5.74) is 5.03. The lowest BCUT2D eigenvalue weighted by molar-refractivity contribution is -0.140. The molecule has 2 aromatic rings. The van der Waals surface area contributed by atoms with Crippen LogP contribution in [0.4, 0.5) is 5.95 Å². The van der Waals surface area contributed by atoms with Crippen LogP contribution in [0.3, 0.4) is 0 Å². The molecule has 9 nitrogen and oxygen atoms in total. The largest absolute Gasteiger partial charge is 0.351 e. The SMILES string of the molecule is CC(=O)N(CCC(=[NH2+])C=N)CC(=O)N1CCc2nc(NC3Cc4ccccc4C3)ncc2C1. The van der Waals surface area contributed by atoms with Crippen LogP contribution in [0.15, 0.2) is 30.5 Å². The molecule has 1 aromatic carbocycles. The first-order valence-electron chi connectivity index (χ1n) is 11.3. The molecule has 2 aliphatic rings. The Morgan fingerprint density at radius 2 is 2.00 bits per heavy atom. The Kier molecular flexibility index (Phi) is 6.76. The minimum Gasteiger partial charge on any atom is -0.351 e. The Morgan fingerprint density at radius 3 is 2.67 bits per heavy atom. The predicted molar refractivity (Wildman–Crippen MR) is 125 cm³/mol. The summed E-state index contributed by atoms with van der Waals surface area (Å²) in [7, 11) is 0. The van der Waals surface area contributed by atoms with Gasteiger partial charge in [-0.1, -0.05) is 24.3 Å². The number of hydrogen-bond donors (Lipinski definition) is 3. The number of fused-ring (bicyclic) bond motifs is 2. The highest BCUT2D eigenvalue weighted by Crippen LogP contribution is 2.24. The van der Waals surface area contributed by atoms with E-state index < -0.39 is 0 Å². The maximum atomic E-state index is 12.8. The van der Waals surface area contributed by atoms with E-state index in [1.165, 1.54) is 23.0 Å². The maximum absolute atomic E-state index is 12.8. The van der Waals surface area contributed by atoms with Gasteiger partial charge < -0.3 is 20.5 Å². The zero-order chi connectivity index (χ0) is 23.4. The number of carbonyl (C=O) groups is 2. The van der Waals surface area contributed by atoms with Crippen molar-refractivity contribution in [2.24, 2.45) is 0 Å². The first kappa shape index (κ1) is 22.6. The number of rotatable bonds is 8. The van der Waals surface area contributed by atoms with Gasteiger partial charge in [0.25, 0.3) is 0 Å². The van der Waals surface area contributed by atoms with Crippen LogP contribution in [0.2, 0.25) is 0 Å². The van der Waals surface area contributed by atoms with Gasteiger partial charge in [0, 0.05) is 50.8 Å². The van der Waals surface area contributed by atoms with Crippen LogP contribution in [0.5, 0.6) is 0 Å². The van der Waals surface area contributed by atoms with Crippen molar-refractivity contribution in [3.63, 3.8) is 0 Å². The third-order valence-corrected chi connectivity index (χ3v) is 6.30. The molecule has 4 N–H and O–H groups in total. The summed E-state index contributed by atoms with van der Waals surface area (Å²) in [5.74, 6) is 0.330. The highest BCUT2D eigenvalue weighted by atomic mass is 16.2. The number of nitrogens with zero attached hydrogens (tertiary/aromatic N) is 4. The second-order valence-electron chi connectivity index (χ2n) is 8.66. The number of amides is 2. The smallest absolute Gasteiger partial charge is 0.242 e. The zero-order valence-corrected chi connectivity index (χ0v) is 18.9. The van der Waals surface area contributed by atoms with Gasteiger partial charge in [0.1, 0.15) is 0 Å². The number of nitrogens with two attached hydrogens (primary N) is 1. The summed E-state index contributed by atoms with van der Waals surface area (Å²) in [6.07, 6.45) is 5.82. The number of hydrogen-bond acceptors (Lipinski definition) is 6. The number of anilines is 1. The fourth-order valence-corrected chi connectivity index (χ4v) is 4.39. The molecule has 0 radical (unpaired) electrons. The molecule has 1 aliphatic heterocycles. The molecule has 0 saturated carbocycles. The van der Waals surface area contributed by atoms with E-state index in [1.54, 1.807) is 11.1 Å². The lowest BCUT2D eigenvalue weighted by Crippen LogP contribution is -2.47. The summed E-state index contributed by atoms with van der Waals surface area (Å²) in [6, 6.07) is 8.78. The molecule has 0 fully saturated rings. The van der Waals surface area contributed by atoms with Gasteiger partial charge in [-0.2, -0.15) is 0 Å². The van der Waals surface area contributed by atoms with E-state index in [9.17, 15) is 9.59 Å². The van der Waals surface area contributed by atoms with Gasteiger partial charge in [-0.05, 0) is 24.0 Å². The molecule has 0 bridgehead atoms. The Morgan fingerprint density at radius 1 is 1.27 bits per heavy atom. The van der Waals surface area contributed by atoms with Crippen molar-refractivity contribution in [1.29, 1.82) is 5.41 Å². The van der Waals surface area contributed by atoms with Crippen LogP contribution >= 0.6 is 0 Å². The van der Waals surface area contributed by atoms with E-state index in [0.717, 1.165) is 30.3 Å². The first-order valence-corrected chi connectivity index (χ1v) is 11.3. The van der Waals surface area contributed by atoms with Crippen molar-refractivity contribution >= 4 is 29.7 Å². The Hall–Kier alpha value is -3.62. The maximum Gasteiger partial charge on any atom is 0.242 e. The Balaban J connectivity index is 1.34. The summed E-state index contributed by atoms with van der Waals surface area (Å²) in [6.45, 7) is 2.74. The minimum absolute atomic E-state index is 0.00131. The molecule has 0 saturated heterocycles. The topological polar surface area (TPSA) is 128 Å². The van der Waals surface area contributed by atoms with Crippen molar-refractivity contribution in [1.82, 2.24) is 19.8 Å². The van der Waals surface area contributed by atoms with Crippen molar-refractivity contribution in [2.75, 3.05) is 25.0 Å². The lowest BCUT2D eigenvalue weighted by atomic mass is 10.1. The van der Waals surface area contributed by atoms with Crippen LogP contribution in [0.25, 0.3) is 0 Å². The van der Waals surface area contributed by atoms with E-state index in [-0.39, 0.29) is 18.4 Å². The van der Waals surface area contributed by atoms with Gasteiger partial charge in [-0.15, -0.1) is 0 Å². The lowest BCUT2D eigenvalue weighted by Gasteiger charge is -2.30. The molecule has 2 amide bonds. The average Bonchev–Trinajstić information content (AvgIpc) is 3.23. The number of aromatic nitrogens is 2. The van der Waals surface area contributed by atoms with E-state index in [0.29, 0.717) is 50.2 Å². The molecule has 9 heteroatoms. The Labute approximate surface area is 193 Å². The molecule has 2 heterocycles. The zero-order valence-electron chi connectivity index (χ0n) is 18.9. The van der Waals surface area contributed by atoms with Crippen LogP contribution < -0.4 is 10.7 Å². The third-order valence-electron chi connectivity index (χ3n) is 6.30. The summed E-state index contributed by atoms with van der Waals surface area (Å²) in [4.78, 5) is 37.2. The van der Waals surface area contributed by atoms with Gasteiger partial charge >= 0.3 is 0 Å². The van der Waals surface area contributed by atoms with Gasteiger partial charge in [0.05, 0.1) is 24.9 Å². The minimum atomic E-state index is -0.188. The van der Waals surface area contributed by atoms with Crippen LogP contribution in [-0.4, -0.2) is 69.2 Å². The van der Waals surface area contributed by atoms with Crippen molar-refractivity contribution in [3.05, 3.63) is 52.8 Å². The summed E-state index contributed by atoms with van der Waals surface area (Å²) < 4.78 is 0. The summed E-state index contributed by atoms with van der Waals surface area (Å²) >= 11 is 0. The van der Waals surface area contributed by atoms with Crippen LogP contribution in [0.1, 0.15) is 35.7 Å². The Bertz CT molecular complexity index is 1060. The molecule has 4 rings (SSSR count). The van der Waals surface area contributed by atoms with Crippen LogP contribution in [0, 0.1) is 5.41 Å². The molecular weight excluding hydrogens is 418 g/mol.